The van der Waals surface area contributed by atoms with E-state index < -0.39 is 6.09 Å². The van der Waals surface area contributed by atoms with Gasteiger partial charge in [0.25, 0.3) is 0 Å². The van der Waals surface area contributed by atoms with Crippen molar-refractivity contribution in [1.29, 1.82) is 0 Å². The fourth-order valence-corrected chi connectivity index (χ4v) is 2.45. The SMILES string of the molecule is CCCCC(Nc1nccc(N2CCOC2=O)n1)c1nc(C)no1. The Hall–Kier alpha value is -2.71. The molecule has 128 valence electrons. The molecule has 2 aromatic heterocycles. The quantitative estimate of drug-likeness (QED) is 0.824. The highest BCUT2D eigenvalue weighted by atomic mass is 16.6. The molecule has 9 nitrogen and oxygen atoms in total. The summed E-state index contributed by atoms with van der Waals surface area (Å²) in [5.74, 6) is 2.01. The number of anilines is 2. The zero-order valence-electron chi connectivity index (χ0n) is 13.7. The van der Waals surface area contributed by atoms with E-state index in [9.17, 15) is 4.79 Å². The number of amides is 1. The van der Waals surface area contributed by atoms with Crippen LogP contribution in [0.5, 0.6) is 0 Å². The number of hydrogen-bond acceptors (Lipinski definition) is 8. The van der Waals surface area contributed by atoms with Crippen LogP contribution in [-0.2, 0) is 4.74 Å². The Morgan fingerprint density at radius 2 is 2.29 bits per heavy atom. The van der Waals surface area contributed by atoms with Gasteiger partial charge in [0.05, 0.1) is 6.54 Å². The van der Waals surface area contributed by atoms with Gasteiger partial charge in [-0.15, -0.1) is 0 Å². The maximum Gasteiger partial charge on any atom is 0.415 e. The number of carbonyl (C=O) groups is 1. The molecule has 0 spiro atoms. The average Bonchev–Trinajstić information content (AvgIpc) is 3.20. The van der Waals surface area contributed by atoms with Gasteiger partial charge in [0.1, 0.15) is 18.5 Å². The summed E-state index contributed by atoms with van der Waals surface area (Å²) in [6.07, 6.45) is 4.07. The molecular weight excluding hydrogens is 312 g/mol. The van der Waals surface area contributed by atoms with Gasteiger partial charge in [-0.3, -0.25) is 4.90 Å². The van der Waals surface area contributed by atoms with Gasteiger partial charge in [0, 0.05) is 6.20 Å². The number of ether oxygens (including phenoxy) is 1. The Morgan fingerprint density at radius 3 is 2.96 bits per heavy atom. The highest BCUT2D eigenvalue weighted by Crippen LogP contribution is 2.23. The van der Waals surface area contributed by atoms with Crippen molar-refractivity contribution in [2.24, 2.45) is 0 Å². The minimum Gasteiger partial charge on any atom is -0.447 e. The van der Waals surface area contributed by atoms with Gasteiger partial charge in [-0.25, -0.2) is 9.78 Å². The highest BCUT2D eigenvalue weighted by molar-refractivity contribution is 5.88. The van der Waals surface area contributed by atoms with E-state index in [-0.39, 0.29) is 6.04 Å². The van der Waals surface area contributed by atoms with Crippen LogP contribution in [0.1, 0.15) is 43.9 Å². The monoisotopic (exact) mass is 332 g/mol. The van der Waals surface area contributed by atoms with Crippen LogP contribution in [0.4, 0.5) is 16.6 Å². The molecule has 2 aromatic rings. The van der Waals surface area contributed by atoms with Crippen LogP contribution in [0.3, 0.4) is 0 Å². The lowest BCUT2D eigenvalue weighted by Crippen LogP contribution is -2.25. The van der Waals surface area contributed by atoms with Gasteiger partial charge >= 0.3 is 6.09 Å². The van der Waals surface area contributed by atoms with Crippen LogP contribution in [0.15, 0.2) is 16.8 Å². The van der Waals surface area contributed by atoms with Crippen LogP contribution in [-0.4, -0.2) is 39.4 Å². The van der Waals surface area contributed by atoms with Crippen LogP contribution in [0.2, 0.25) is 0 Å². The van der Waals surface area contributed by atoms with Gasteiger partial charge in [-0.1, -0.05) is 24.9 Å². The van der Waals surface area contributed by atoms with E-state index in [0.717, 1.165) is 19.3 Å². The Kier molecular flexibility index (Phi) is 4.88. The Bertz CT molecular complexity index is 704. The molecule has 1 unspecified atom stereocenters. The molecular formula is C15H20N6O3. The Balaban J connectivity index is 1.77. The highest BCUT2D eigenvalue weighted by Gasteiger charge is 2.25. The molecule has 9 heteroatoms. The lowest BCUT2D eigenvalue weighted by molar-refractivity contribution is 0.181. The second kappa shape index (κ2) is 7.24. The zero-order chi connectivity index (χ0) is 16.9. The van der Waals surface area contributed by atoms with Crippen molar-refractivity contribution in [2.45, 2.75) is 39.2 Å². The summed E-state index contributed by atoms with van der Waals surface area (Å²) in [5, 5.41) is 7.07. The first-order chi connectivity index (χ1) is 11.7. The number of nitrogens with one attached hydrogen (secondary N) is 1. The number of aromatic nitrogens is 4. The van der Waals surface area contributed by atoms with E-state index in [1.165, 1.54) is 4.90 Å². The summed E-state index contributed by atoms with van der Waals surface area (Å²) in [6.45, 7) is 4.75. The molecule has 3 heterocycles. The van der Waals surface area contributed by atoms with Crippen LogP contribution in [0.25, 0.3) is 0 Å². The van der Waals surface area contributed by atoms with Crippen LogP contribution in [0, 0.1) is 6.92 Å². The van der Waals surface area contributed by atoms with E-state index in [2.05, 4.69) is 32.3 Å². The Morgan fingerprint density at radius 1 is 1.42 bits per heavy atom. The fraction of sp³-hybridized carbons (Fsp3) is 0.533. The third-order valence-corrected chi connectivity index (χ3v) is 3.67. The third kappa shape index (κ3) is 3.61. The van der Waals surface area contributed by atoms with Crippen molar-refractivity contribution in [3.63, 3.8) is 0 Å². The van der Waals surface area contributed by atoms with Gasteiger partial charge in [0.2, 0.25) is 11.8 Å². The molecule has 1 N–H and O–H groups in total. The fourth-order valence-electron chi connectivity index (χ4n) is 2.45. The van der Waals surface area contributed by atoms with Crippen molar-refractivity contribution < 1.29 is 14.1 Å². The average molecular weight is 332 g/mol. The second-order valence-electron chi connectivity index (χ2n) is 5.52. The number of nitrogens with zero attached hydrogens (tertiary/aromatic N) is 5. The molecule has 0 aromatic carbocycles. The van der Waals surface area contributed by atoms with Crippen molar-refractivity contribution in [3.05, 3.63) is 24.0 Å². The maximum absolute atomic E-state index is 11.7. The Labute approximate surface area is 139 Å². The van der Waals surface area contributed by atoms with Gasteiger partial charge in [-0.2, -0.15) is 9.97 Å². The molecule has 0 radical (unpaired) electrons. The number of rotatable bonds is 7. The van der Waals surface area contributed by atoms with Crippen molar-refractivity contribution in [1.82, 2.24) is 20.1 Å². The number of unbranched alkanes of at least 4 members (excludes halogenated alkanes) is 1. The molecule has 3 rings (SSSR count). The summed E-state index contributed by atoms with van der Waals surface area (Å²) in [5.41, 5.74) is 0. The maximum atomic E-state index is 11.7. The zero-order valence-corrected chi connectivity index (χ0v) is 13.7. The molecule has 1 aliphatic heterocycles. The summed E-state index contributed by atoms with van der Waals surface area (Å²) in [7, 11) is 0. The van der Waals surface area contributed by atoms with E-state index in [1.807, 2.05) is 0 Å². The van der Waals surface area contributed by atoms with E-state index in [1.54, 1.807) is 19.2 Å². The first-order valence-electron chi connectivity index (χ1n) is 8.01. The predicted molar refractivity (Wildman–Crippen MR) is 85.6 cm³/mol. The van der Waals surface area contributed by atoms with Gasteiger partial charge < -0.3 is 14.6 Å². The minimum atomic E-state index is -0.394. The molecule has 0 bridgehead atoms. The third-order valence-electron chi connectivity index (χ3n) is 3.67. The topological polar surface area (TPSA) is 106 Å². The number of aryl methyl sites for hydroxylation is 1. The summed E-state index contributed by atoms with van der Waals surface area (Å²) < 4.78 is 10.2. The van der Waals surface area contributed by atoms with Crippen LogP contribution >= 0.6 is 0 Å². The molecule has 1 aliphatic rings. The summed E-state index contributed by atoms with van der Waals surface area (Å²) >= 11 is 0. The van der Waals surface area contributed by atoms with Gasteiger partial charge in [0.15, 0.2) is 5.82 Å². The summed E-state index contributed by atoms with van der Waals surface area (Å²) in [6, 6.07) is 1.50. The standard InChI is InChI=1S/C15H20N6O3/c1-3-4-5-11(13-17-10(2)20-24-13)18-14-16-7-6-12(19-14)21-8-9-23-15(21)22/h6-7,11H,3-5,8-9H2,1-2H3,(H,16,18,19). The molecule has 0 aliphatic carbocycles. The molecule has 1 fully saturated rings. The predicted octanol–water partition coefficient (Wildman–Crippen LogP) is 2.47. The second-order valence-corrected chi connectivity index (χ2v) is 5.52. The first-order valence-corrected chi connectivity index (χ1v) is 8.01. The number of carbonyl (C=O) groups excluding carboxylic acids is 1. The number of cyclic esters (lactones) is 1. The van der Waals surface area contributed by atoms with E-state index in [4.69, 9.17) is 9.26 Å². The molecule has 1 saturated heterocycles. The molecule has 1 amide bonds. The molecule has 24 heavy (non-hydrogen) atoms. The lowest BCUT2D eigenvalue weighted by Gasteiger charge is -2.16. The largest absolute Gasteiger partial charge is 0.447 e. The van der Waals surface area contributed by atoms with Crippen molar-refractivity contribution in [2.75, 3.05) is 23.4 Å². The number of hydrogen-bond donors (Lipinski definition) is 1. The van der Waals surface area contributed by atoms with E-state index in [0.29, 0.717) is 36.6 Å². The lowest BCUT2D eigenvalue weighted by atomic mass is 10.1. The summed E-state index contributed by atoms with van der Waals surface area (Å²) in [4.78, 5) is 26.1. The molecule has 0 saturated carbocycles. The molecule has 1 atom stereocenters. The van der Waals surface area contributed by atoms with E-state index >= 15 is 0 Å². The normalized spacial score (nSPS) is 15.4. The first kappa shape index (κ1) is 16.2. The van der Waals surface area contributed by atoms with Gasteiger partial charge in [-0.05, 0) is 19.4 Å². The van der Waals surface area contributed by atoms with Crippen molar-refractivity contribution >= 4 is 17.9 Å². The van der Waals surface area contributed by atoms with Crippen molar-refractivity contribution in [3.8, 4) is 0 Å². The minimum absolute atomic E-state index is 0.174. The smallest absolute Gasteiger partial charge is 0.415 e. The van der Waals surface area contributed by atoms with Crippen LogP contribution < -0.4 is 10.2 Å².